The van der Waals surface area contributed by atoms with Crippen LogP contribution >= 0.6 is 24.8 Å². The summed E-state index contributed by atoms with van der Waals surface area (Å²) >= 11 is 0. The highest BCUT2D eigenvalue weighted by Crippen LogP contribution is 2.31. The predicted octanol–water partition coefficient (Wildman–Crippen LogP) is 2.90. The van der Waals surface area contributed by atoms with Gasteiger partial charge in [0, 0.05) is 51.3 Å². The normalized spacial score (nSPS) is 16.8. The summed E-state index contributed by atoms with van der Waals surface area (Å²) in [7, 11) is 0.427. The molecule has 3 heterocycles. The smallest absolute Gasteiger partial charge is 0.276 e. The maximum absolute atomic E-state index is 13.6. The number of hydrogen-bond donors (Lipinski definition) is 0. The van der Waals surface area contributed by atoms with Gasteiger partial charge in [-0.2, -0.15) is 4.31 Å². The summed E-state index contributed by atoms with van der Waals surface area (Å²) in [6.07, 6.45) is 1.50. The second-order valence-electron chi connectivity index (χ2n) is 10.0. The Morgan fingerprint density at radius 1 is 1.03 bits per heavy atom. The van der Waals surface area contributed by atoms with E-state index >= 15 is 0 Å². The Balaban J connectivity index is 0.00000241. The number of carbonyl (C=O) groups excluding carboxylic acids is 1. The lowest BCUT2D eigenvalue weighted by atomic mass is 10.1. The molecule has 0 unspecified atom stereocenters. The molecule has 2 aliphatic rings. The van der Waals surface area contributed by atoms with Gasteiger partial charge in [0.1, 0.15) is 5.76 Å². The highest BCUT2D eigenvalue weighted by molar-refractivity contribution is 7.89. The maximum Gasteiger partial charge on any atom is 0.276 e. The number of nitrogens with zero attached hydrogens (tertiary/aromatic N) is 5. The predicted molar refractivity (Wildman–Crippen MR) is 148 cm³/mol. The van der Waals surface area contributed by atoms with Crippen LogP contribution in [0.1, 0.15) is 44.9 Å². The molecule has 9 nitrogen and oxygen atoms in total. The van der Waals surface area contributed by atoms with Crippen LogP contribution in [-0.2, 0) is 23.0 Å². The number of sulfonamides is 1. The van der Waals surface area contributed by atoms with Crippen LogP contribution in [0.2, 0.25) is 0 Å². The minimum Gasteiger partial charge on any atom is -0.360 e. The zero-order chi connectivity index (χ0) is 25.3. The number of benzene rings is 1. The van der Waals surface area contributed by atoms with Crippen LogP contribution in [0.4, 0.5) is 0 Å². The van der Waals surface area contributed by atoms with Gasteiger partial charge in [0.15, 0.2) is 5.69 Å². The van der Waals surface area contributed by atoms with Crippen molar-refractivity contribution in [1.29, 1.82) is 0 Å². The summed E-state index contributed by atoms with van der Waals surface area (Å²) in [5, 5.41) is 4.09. The van der Waals surface area contributed by atoms with Crippen molar-refractivity contribution in [1.82, 2.24) is 24.2 Å². The molecule has 208 valence electrons. The third-order valence-electron chi connectivity index (χ3n) is 6.94. The molecule has 1 aromatic carbocycles. The minimum absolute atomic E-state index is 0. The first kappa shape index (κ1) is 31.5. The summed E-state index contributed by atoms with van der Waals surface area (Å²) in [5.41, 5.74) is 3.35. The van der Waals surface area contributed by atoms with Crippen molar-refractivity contribution in [2.24, 2.45) is 0 Å². The van der Waals surface area contributed by atoms with Crippen molar-refractivity contribution < 1.29 is 17.7 Å². The molecule has 4 rings (SSSR count). The largest absolute Gasteiger partial charge is 0.360 e. The van der Waals surface area contributed by atoms with Crippen LogP contribution in [0, 0.1) is 20.8 Å². The van der Waals surface area contributed by atoms with Crippen LogP contribution in [-0.4, -0.2) is 98.4 Å². The first-order valence-electron chi connectivity index (χ1n) is 12.3. The third-order valence-corrected chi connectivity index (χ3v) is 9.09. The number of halogens is 2. The van der Waals surface area contributed by atoms with Gasteiger partial charge in [0.25, 0.3) is 5.91 Å². The summed E-state index contributed by atoms with van der Waals surface area (Å²) in [6.45, 7) is 11.0. The number of piperazine rings is 1. The van der Waals surface area contributed by atoms with Crippen LogP contribution in [0.5, 0.6) is 0 Å². The Kier molecular flexibility index (Phi) is 11.0. The summed E-state index contributed by atoms with van der Waals surface area (Å²) < 4.78 is 34.1. The van der Waals surface area contributed by atoms with Crippen molar-refractivity contribution in [3.63, 3.8) is 0 Å². The van der Waals surface area contributed by atoms with Crippen molar-refractivity contribution >= 4 is 40.7 Å². The molecule has 1 aromatic heterocycles. The van der Waals surface area contributed by atoms with E-state index in [4.69, 9.17) is 4.52 Å². The maximum atomic E-state index is 13.6. The van der Waals surface area contributed by atoms with Crippen LogP contribution < -0.4 is 0 Å². The number of aromatic nitrogens is 1. The van der Waals surface area contributed by atoms with E-state index in [0.29, 0.717) is 42.3 Å². The zero-order valence-electron chi connectivity index (χ0n) is 22.3. The number of hydrogen-bond acceptors (Lipinski definition) is 7. The molecule has 0 radical (unpaired) electrons. The fourth-order valence-corrected chi connectivity index (χ4v) is 7.02. The van der Waals surface area contributed by atoms with Gasteiger partial charge < -0.3 is 14.3 Å². The van der Waals surface area contributed by atoms with E-state index < -0.39 is 10.0 Å². The van der Waals surface area contributed by atoms with Crippen molar-refractivity contribution in [3.05, 3.63) is 45.8 Å². The lowest BCUT2D eigenvalue weighted by Crippen LogP contribution is -2.49. The second kappa shape index (κ2) is 12.9. The van der Waals surface area contributed by atoms with E-state index in [1.807, 2.05) is 37.8 Å². The average Bonchev–Trinajstić information content (AvgIpc) is 3.21. The van der Waals surface area contributed by atoms with Crippen LogP contribution in [0.15, 0.2) is 21.6 Å². The third kappa shape index (κ3) is 6.85. The highest BCUT2D eigenvalue weighted by atomic mass is 35.5. The molecular formula is C25H39Cl2N5O4S. The Morgan fingerprint density at radius 2 is 1.65 bits per heavy atom. The quantitative estimate of drug-likeness (QED) is 0.501. The van der Waals surface area contributed by atoms with Gasteiger partial charge in [-0.25, -0.2) is 8.42 Å². The van der Waals surface area contributed by atoms with E-state index in [9.17, 15) is 13.2 Å². The standard InChI is InChI=1S/C25H37N5O4S.2ClH/c1-18-15-19(2)24(20(3)16-18)35(32,33)30-10-7-22-21(17-30)23(26-34-22)25(31)29-13-11-28(12-14-29)9-6-8-27(4)5;;/h15-16H,6-14,17H2,1-5H3;2*1H. The number of carbonyl (C=O) groups is 1. The van der Waals surface area contributed by atoms with Gasteiger partial charge in [0.2, 0.25) is 10.0 Å². The molecule has 0 aliphatic carbocycles. The molecule has 1 fully saturated rings. The number of aryl methyl sites for hydroxylation is 3. The van der Waals surface area contributed by atoms with E-state index in [1.165, 1.54) is 4.31 Å². The minimum atomic E-state index is -3.72. The SMILES string of the molecule is Cc1cc(C)c(S(=O)(=O)N2CCc3onc(C(=O)N4CCN(CCCN(C)C)CC4)c3C2)c(C)c1.Cl.Cl. The number of fused-ring (bicyclic) bond motifs is 1. The first-order chi connectivity index (χ1) is 16.6. The van der Waals surface area contributed by atoms with Crippen LogP contribution in [0.3, 0.4) is 0 Å². The molecule has 0 N–H and O–H groups in total. The Morgan fingerprint density at radius 3 is 2.24 bits per heavy atom. The Labute approximate surface area is 233 Å². The Bertz CT molecular complexity index is 1170. The molecular weight excluding hydrogens is 537 g/mol. The van der Waals surface area contributed by atoms with Crippen molar-refractivity contribution in [3.8, 4) is 0 Å². The van der Waals surface area contributed by atoms with Crippen molar-refractivity contribution in [2.45, 2.75) is 45.1 Å². The molecule has 1 saturated heterocycles. The molecule has 0 saturated carbocycles. The fraction of sp³-hybridized carbons (Fsp3) is 0.600. The molecule has 0 bridgehead atoms. The van der Waals surface area contributed by atoms with E-state index in [1.54, 1.807) is 0 Å². The van der Waals surface area contributed by atoms with Gasteiger partial charge in [0.05, 0.1) is 4.90 Å². The fourth-order valence-electron chi connectivity index (χ4n) is 5.20. The van der Waals surface area contributed by atoms with Gasteiger partial charge in [-0.3, -0.25) is 9.69 Å². The van der Waals surface area contributed by atoms with Gasteiger partial charge in [-0.15, -0.1) is 24.8 Å². The highest BCUT2D eigenvalue weighted by Gasteiger charge is 2.36. The molecule has 2 aliphatic heterocycles. The molecule has 1 amide bonds. The van der Waals surface area contributed by atoms with E-state index in [-0.39, 0.29) is 43.0 Å². The number of rotatable bonds is 7. The first-order valence-corrected chi connectivity index (χ1v) is 13.7. The van der Waals surface area contributed by atoms with Crippen molar-refractivity contribution in [2.75, 3.05) is 59.9 Å². The molecule has 2 aromatic rings. The summed E-state index contributed by atoms with van der Waals surface area (Å²) in [5.74, 6) is 0.435. The van der Waals surface area contributed by atoms with E-state index in [0.717, 1.165) is 49.3 Å². The number of amides is 1. The summed E-state index contributed by atoms with van der Waals surface area (Å²) in [4.78, 5) is 20.0. The second-order valence-corrected chi connectivity index (χ2v) is 11.9. The topological polar surface area (TPSA) is 90.2 Å². The monoisotopic (exact) mass is 575 g/mol. The molecule has 0 atom stereocenters. The zero-order valence-corrected chi connectivity index (χ0v) is 24.8. The van der Waals surface area contributed by atoms with Gasteiger partial charge in [-0.1, -0.05) is 22.9 Å². The van der Waals surface area contributed by atoms with Gasteiger partial charge >= 0.3 is 0 Å². The van der Waals surface area contributed by atoms with Gasteiger partial charge in [-0.05, 0) is 65.5 Å². The Hall–Kier alpha value is -1.69. The average molecular weight is 577 g/mol. The molecule has 37 heavy (non-hydrogen) atoms. The lowest BCUT2D eigenvalue weighted by molar-refractivity contribution is 0.0622. The van der Waals surface area contributed by atoms with Crippen LogP contribution in [0.25, 0.3) is 0 Å². The van der Waals surface area contributed by atoms with E-state index in [2.05, 4.69) is 29.1 Å². The summed E-state index contributed by atoms with van der Waals surface area (Å²) in [6, 6.07) is 3.79. The molecule has 12 heteroatoms. The lowest BCUT2D eigenvalue weighted by Gasteiger charge is -2.34. The molecule has 0 spiro atoms.